The number of likely N-dealkylation sites (N-methyl/N-ethyl adjacent to an activating group) is 2. The lowest BCUT2D eigenvalue weighted by atomic mass is 10.2. The van der Waals surface area contributed by atoms with E-state index in [1.54, 1.807) is 12.3 Å². The van der Waals surface area contributed by atoms with Crippen LogP contribution in [0.1, 0.15) is 24.3 Å². The van der Waals surface area contributed by atoms with Crippen molar-refractivity contribution in [3.05, 3.63) is 30.1 Å². The number of nitrogens with one attached hydrogen (secondary N) is 1. The van der Waals surface area contributed by atoms with Crippen LogP contribution in [0, 0.1) is 0 Å². The van der Waals surface area contributed by atoms with E-state index in [9.17, 15) is 4.79 Å². The summed E-state index contributed by atoms with van der Waals surface area (Å²) in [4.78, 5) is 16.0. The van der Waals surface area contributed by atoms with Crippen LogP contribution in [-0.4, -0.2) is 53.1 Å². The van der Waals surface area contributed by atoms with Gasteiger partial charge < -0.3 is 5.32 Å². The molecule has 1 saturated heterocycles. The van der Waals surface area contributed by atoms with Gasteiger partial charge in [-0.3, -0.25) is 9.78 Å². The molecule has 1 fully saturated rings. The third-order valence-electron chi connectivity index (χ3n) is 3.23. The predicted molar refractivity (Wildman–Crippen MR) is 70.0 cm³/mol. The quantitative estimate of drug-likeness (QED) is 0.854. The van der Waals surface area contributed by atoms with E-state index < -0.39 is 0 Å². The Labute approximate surface area is 108 Å². The second-order valence-electron chi connectivity index (χ2n) is 4.40. The van der Waals surface area contributed by atoms with Crippen molar-refractivity contribution < 1.29 is 4.79 Å². The maximum Gasteiger partial charge on any atom is 0.270 e. The van der Waals surface area contributed by atoms with Crippen LogP contribution in [0.5, 0.6) is 0 Å². The van der Waals surface area contributed by atoms with Gasteiger partial charge in [0.1, 0.15) is 5.69 Å². The molecular weight excluding hydrogens is 228 g/mol. The van der Waals surface area contributed by atoms with Crippen LogP contribution in [-0.2, 0) is 0 Å². The van der Waals surface area contributed by atoms with Crippen LogP contribution in [0.4, 0.5) is 0 Å². The maximum absolute atomic E-state index is 12.0. The Morgan fingerprint density at radius 2 is 2.00 bits per heavy atom. The Morgan fingerprint density at radius 3 is 2.50 bits per heavy atom. The van der Waals surface area contributed by atoms with Gasteiger partial charge in [0.05, 0.1) is 6.04 Å². The molecular formula is C13H20N4O. The first-order valence-electron chi connectivity index (χ1n) is 6.46. The molecule has 0 spiro atoms. The highest BCUT2D eigenvalue weighted by Gasteiger charge is 2.29. The summed E-state index contributed by atoms with van der Waals surface area (Å²) in [6.07, 6.45) is 1.64. The van der Waals surface area contributed by atoms with Crippen molar-refractivity contribution in [2.75, 3.05) is 26.2 Å². The summed E-state index contributed by atoms with van der Waals surface area (Å²) in [6.45, 7) is 7.97. The molecule has 1 aliphatic rings. The van der Waals surface area contributed by atoms with Gasteiger partial charge in [-0.2, -0.15) is 0 Å². The van der Waals surface area contributed by atoms with Crippen LogP contribution in [0.3, 0.4) is 0 Å². The van der Waals surface area contributed by atoms with Crippen molar-refractivity contribution in [1.82, 2.24) is 20.3 Å². The van der Waals surface area contributed by atoms with Gasteiger partial charge in [-0.05, 0) is 12.1 Å². The first-order chi connectivity index (χ1) is 8.74. The molecule has 2 rings (SSSR count). The van der Waals surface area contributed by atoms with E-state index in [0.717, 1.165) is 26.2 Å². The molecule has 2 heterocycles. The zero-order valence-corrected chi connectivity index (χ0v) is 11.0. The molecule has 98 valence electrons. The van der Waals surface area contributed by atoms with Crippen LogP contribution in [0.15, 0.2) is 24.4 Å². The molecule has 5 heteroatoms. The van der Waals surface area contributed by atoms with E-state index in [4.69, 9.17) is 0 Å². The Balaban J connectivity index is 1.93. The average molecular weight is 248 g/mol. The van der Waals surface area contributed by atoms with E-state index in [2.05, 4.69) is 34.2 Å². The van der Waals surface area contributed by atoms with Gasteiger partial charge in [0, 0.05) is 32.4 Å². The van der Waals surface area contributed by atoms with E-state index in [-0.39, 0.29) is 11.9 Å². The predicted octanol–water partition coefficient (Wildman–Crippen LogP) is 0.752. The minimum Gasteiger partial charge on any atom is -0.345 e. The number of hydrogen-bond acceptors (Lipinski definition) is 4. The summed E-state index contributed by atoms with van der Waals surface area (Å²) in [7, 11) is 0. The van der Waals surface area contributed by atoms with Crippen molar-refractivity contribution in [2.24, 2.45) is 0 Å². The van der Waals surface area contributed by atoms with Gasteiger partial charge in [0.25, 0.3) is 5.91 Å². The van der Waals surface area contributed by atoms with Crippen LogP contribution < -0.4 is 5.32 Å². The highest BCUT2D eigenvalue weighted by atomic mass is 16.2. The number of hydrazine groups is 1. The van der Waals surface area contributed by atoms with Crippen molar-refractivity contribution >= 4 is 5.91 Å². The van der Waals surface area contributed by atoms with Gasteiger partial charge in [0.15, 0.2) is 0 Å². The summed E-state index contributed by atoms with van der Waals surface area (Å²) >= 11 is 0. The van der Waals surface area contributed by atoms with Gasteiger partial charge in [-0.15, -0.1) is 0 Å². The number of hydrogen-bond donors (Lipinski definition) is 1. The molecule has 0 radical (unpaired) electrons. The Morgan fingerprint density at radius 1 is 1.33 bits per heavy atom. The summed E-state index contributed by atoms with van der Waals surface area (Å²) < 4.78 is 0. The molecule has 1 aromatic heterocycles. The highest BCUT2D eigenvalue weighted by Crippen LogP contribution is 2.10. The number of rotatable bonds is 4. The third kappa shape index (κ3) is 2.86. The molecule has 1 N–H and O–H groups in total. The summed E-state index contributed by atoms with van der Waals surface area (Å²) in [5.74, 6) is -0.0883. The molecule has 0 aliphatic carbocycles. The van der Waals surface area contributed by atoms with Crippen molar-refractivity contribution in [2.45, 2.75) is 19.9 Å². The normalized spacial score (nSPS) is 18.1. The van der Waals surface area contributed by atoms with Crippen molar-refractivity contribution in [3.63, 3.8) is 0 Å². The molecule has 0 atom stereocenters. The second kappa shape index (κ2) is 5.93. The topological polar surface area (TPSA) is 48.5 Å². The lowest BCUT2D eigenvalue weighted by Crippen LogP contribution is -2.39. The fourth-order valence-electron chi connectivity index (χ4n) is 2.30. The SMILES string of the molecule is CCN1CC(NC(=O)c2ccccn2)CN1CC. The first kappa shape index (κ1) is 13.0. The van der Waals surface area contributed by atoms with Crippen molar-refractivity contribution in [3.8, 4) is 0 Å². The molecule has 0 saturated carbocycles. The summed E-state index contributed by atoms with van der Waals surface area (Å²) in [6, 6.07) is 5.55. The number of amides is 1. The summed E-state index contributed by atoms with van der Waals surface area (Å²) in [5.41, 5.74) is 0.482. The van der Waals surface area contributed by atoms with Gasteiger partial charge in [0.2, 0.25) is 0 Å². The van der Waals surface area contributed by atoms with E-state index in [0.29, 0.717) is 5.69 Å². The standard InChI is InChI=1S/C13H20N4O/c1-3-16-9-11(10-17(16)4-2)15-13(18)12-7-5-6-8-14-12/h5-8,11H,3-4,9-10H2,1-2H3,(H,15,18). The molecule has 18 heavy (non-hydrogen) atoms. The Hall–Kier alpha value is -1.46. The number of carbonyl (C=O) groups excluding carboxylic acids is 1. The van der Waals surface area contributed by atoms with E-state index in [1.807, 2.05) is 12.1 Å². The highest BCUT2D eigenvalue weighted by molar-refractivity contribution is 5.92. The molecule has 1 amide bonds. The molecule has 1 aliphatic heterocycles. The average Bonchev–Trinajstić information content (AvgIpc) is 2.81. The lowest BCUT2D eigenvalue weighted by Gasteiger charge is -2.24. The fourth-order valence-corrected chi connectivity index (χ4v) is 2.30. The third-order valence-corrected chi connectivity index (χ3v) is 3.23. The minimum atomic E-state index is -0.0883. The summed E-state index contributed by atoms with van der Waals surface area (Å²) in [5, 5.41) is 7.57. The molecule has 5 nitrogen and oxygen atoms in total. The van der Waals surface area contributed by atoms with Crippen LogP contribution in [0.25, 0.3) is 0 Å². The lowest BCUT2D eigenvalue weighted by molar-refractivity contribution is 0.0388. The first-order valence-corrected chi connectivity index (χ1v) is 6.46. The number of carbonyl (C=O) groups is 1. The monoisotopic (exact) mass is 248 g/mol. The van der Waals surface area contributed by atoms with Gasteiger partial charge >= 0.3 is 0 Å². The maximum atomic E-state index is 12.0. The van der Waals surface area contributed by atoms with Crippen LogP contribution in [0.2, 0.25) is 0 Å². The number of pyridine rings is 1. The number of nitrogens with zero attached hydrogens (tertiary/aromatic N) is 3. The molecule has 1 aromatic rings. The Bertz CT molecular complexity index is 383. The largest absolute Gasteiger partial charge is 0.345 e. The van der Waals surface area contributed by atoms with Gasteiger partial charge in [-0.25, -0.2) is 10.0 Å². The minimum absolute atomic E-state index is 0.0883. The van der Waals surface area contributed by atoms with E-state index >= 15 is 0 Å². The molecule has 0 aromatic carbocycles. The number of aromatic nitrogens is 1. The second-order valence-corrected chi connectivity index (χ2v) is 4.40. The van der Waals surface area contributed by atoms with Crippen LogP contribution >= 0.6 is 0 Å². The molecule has 0 unspecified atom stereocenters. The van der Waals surface area contributed by atoms with Gasteiger partial charge in [-0.1, -0.05) is 19.9 Å². The van der Waals surface area contributed by atoms with E-state index in [1.165, 1.54) is 0 Å². The zero-order valence-electron chi connectivity index (χ0n) is 11.0. The smallest absolute Gasteiger partial charge is 0.270 e. The molecule has 0 bridgehead atoms. The fraction of sp³-hybridized carbons (Fsp3) is 0.538. The Kier molecular flexibility index (Phi) is 4.28. The zero-order chi connectivity index (χ0) is 13.0. The van der Waals surface area contributed by atoms with Crippen molar-refractivity contribution in [1.29, 1.82) is 0 Å².